The van der Waals surface area contributed by atoms with Crippen molar-refractivity contribution < 1.29 is 14.0 Å². The Morgan fingerprint density at radius 2 is 1.56 bits per heavy atom. The van der Waals surface area contributed by atoms with Gasteiger partial charge >= 0.3 is 0 Å². The quantitative estimate of drug-likeness (QED) is 0.283. The predicted molar refractivity (Wildman–Crippen MR) is 143 cm³/mol. The van der Waals surface area contributed by atoms with Gasteiger partial charge in [-0.05, 0) is 42.5 Å². The number of hydrogen-bond acceptors (Lipinski definition) is 4. The fourth-order valence-corrected chi connectivity index (χ4v) is 4.75. The second kappa shape index (κ2) is 9.66. The molecule has 2 amide bonds. The summed E-state index contributed by atoms with van der Waals surface area (Å²) >= 11 is 18.8. The summed E-state index contributed by atoms with van der Waals surface area (Å²) in [6, 6.07) is 22.5. The van der Waals surface area contributed by atoms with Crippen LogP contribution in [0.15, 0.2) is 94.0 Å². The Morgan fingerprint density at radius 3 is 2.19 bits per heavy atom. The molecule has 1 aliphatic heterocycles. The van der Waals surface area contributed by atoms with E-state index in [1.165, 1.54) is 17.1 Å². The number of nitrogens with two attached hydrogens (primary N) is 1. The lowest BCUT2D eigenvalue weighted by Crippen LogP contribution is -2.22. The number of amides is 2. The second-order valence-corrected chi connectivity index (χ2v) is 9.10. The summed E-state index contributed by atoms with van der Waals surface area (Å²) in [6.07, 6.45) is 1.62. The van der Waals surface area contributed by atoms with Crippen LogP contribution in [0.4, 0.5) is 5.69 Å². The lowest BCUT2D eigenvalue weighted by Gasteiger charge is -2.15. The number of hydrazone groups is 1. The van der Waals surface area contributed by atoms with Crippen molar-refractivity contribution >= 4 is 64.1 Å². The second-order valence-electron chi connectivity index (χ2n) is 7.85. The van der Waals surface area contributed by atoms with Gasteiger partial charge in [0, 0.05) is 21.7 Å². The summed E-state index contributed by atoms with van der Waals surface area (Å²) in [5, 5.41) is 6.46. The van der Waals surface area contributed by atoms with E-state index in [9.17, 15) is 9.59 Å². The summed E-state index contributed by atoms with van der Waals surface area (Å²) in [4.78, 5) is 24.9. The zero-order valence-corrected chi connectivity index (χ0v) is 20.7. The van der Waals surface area contributed by atoms with Crippen LogP contribution >= 0.6 is 34.8 Å². The lowest BCUT2D eigenvalue weighted by atomic mass is 10.0. The van der Waals surface area contributed by atoms with Crippen molar-refractivity contribution in [2.75, 3.05) is 5.01 Å². The monoisotopic (exact) mass is 535 g/mol. The Balaban J connectivity index is 1.56. The Labute approximate surface area is 221 Å². The molecule has 4 aromatic rings. The van der Waals surface area contributed by atoms with Gasteiger partial charge in [-0.15, -0.1) is 0 Å². The van der Waals surface area contributed by atoms with E-state index in [0.717, 1.165) is 11.1 Å². The first-order chi connectivity index (χ1) is 17.3. The van der Waals surface area contributed by atoms with Crippen LogP contribution in [0.25, 0.3) is 17.4 Å². The van der Waals surface area contributed by atoms with Gasteiger partial charge in [0.25, 0.3) is 5.91 Å². The molecule has 1 aromatic heterocycles. The van der Waals surface area contributed by atoms with E-state index in [-0.39, 0.29) is 15.7 Å². The van der Waals surface area contributed by atoms with E-state index in [1.807, 2.05) is 30.3 Å². The molecule has 0 aliphatic carbocycles. The highest BCUT2D eigenvalue weighted by molar-refractivity contribution is 6.44. The van der Waals surface area contributed by atoms with Crippen LogP contribution in [-0.2, 0) is 4.79 Å². The van der Waals surface area contributed by atoms with E-state index in [4.69, 9.17) is 45.0 Å². The highest BCUT2D eigenvalue weighted by atomic mass is 35.5. The molecule has 0 atom stereocenters. The van der Waals surface area contributed by atoms with Crippen molar-refractivity contribution in [2.45, 2.75) is 0 Å². The summed E-state index contributed by atoms with van der Waals surface area (Å²) in [7, 11) is 0. The minimum Gasteiger partial charge on any atom is -0.457 e. The van der Waals surface area contributed by atoms with Gasteiger partial charge in [0.2, 0.25) is 5.91 Å². The van der Waals surface area contributed by atoms with E-state index in [0.29, 0.717) is 33.4 Å². The molecular weight excluding hydrogens is 521 g/mol. The number of carbonyl (C=O) groups excluding carboxylic acids is 2. The van der Waals surface area contributed by atoms with Crippen molar-refractivity contribution in [1.29, 1.82) is 0 Å². The number of hydrogen-bond donors (Lipinski definition) is 1. The predicted octanol–water partition coefficient (Wildman–Crippen LogP) is 6.84. The van der Waals surface area contributed by atoms with Gasteiger partial charge in [-0.3, -0.25) is 9.59 Å². The maximum atomic E-state index is 13.6. The van der Waals surface area contributed by atoms with Gasteiger partial charge in [0.05, 0.1) is 15.6 Å². The molecule has 3 aromatic carbocycles. The van der Waals surface area contributed by atoms with Crippen molar-refractivity contribution in [1.82, 2.24) is 0 Å². The molecule has 0 saturated heterocycles. The molecule has 0 saturated carbocycles. The minimum atomic E-state index is -0.510. The maximum Gasteiger partial charge on any atom is 0.281 e. The fourth-order valence-electron chi connectivity index (χ4n) is 3.77. The average Bonchev–Trinajstić information content (AvgIpc) is 3.45. The van der Waals surface area contributed by atoms with Crippen molar-refractivity contribution in [3.8, 4) is 11.3 Å². The fraction of sp³-hybridized carbons (Fsp3) is 0. The van der Waals surface area contributed by atoms with E-state index in [1.54, 1.807) is 42.5 Å². The number of carbonyl (C=O) groups is 2. The first-order valence-corrected chi connectivity index (χ1v) is 11.8. The molecule has 1 aliphatic rings. The minimum absolute atomic E-state index is 0.193. The van der Waals surface area contributed by atoms with Gasteiger partial charge in [0.15, 0.2) is 0 Å². The van der Waals surface area contributed by atoms with Crippen LogP contribution in [0, 0.1) is 0 Å². The standard InChI is InChI=1S/C27H16Cl3N3O3/c28-18-12-21(29)25(22(30)13-18)33-27(35)20(24(32-33)16-4-2-1-3-5-16)14-19-10-11-23(36-19)15-6-8-17(9-7-15)26(31)34/h1-14H,(H2,31,34). The molecule has 36 heavy (non-hydrogen) atoms. The lowest BCUT2D eigenvalue weighted by molar-refractivity contribution is -0.114. The highest BCUT2D eigenvalue weighted by Crippen LogP contribution is 2.40. The Bertz CT molecular complexity index is 1540. The smallest absolute Gasteiger partial charge is 0.281 e. The zero-order chi connectivity index (χ0) is 25.4. The summed E-state index contributed by atoms with van der Waals surface area (Å²) in [5.41, 5.74) is 8.16. The number of anilines is 1. The van der Waals surface area contributed by atoms with Crippen LogP contribution in [0.1, 0.15) is 21.7 Å². The largest absolute Gasteiger partial charge is 0.457 e. The summed E-state index contributed by atoms with van der Waals surface area (Å²) < 4.78 is 5.98. The number of nitrogens with zero attached hydrogens (tertiary/aromatic N) is 2. The summed E-state index contributed by atoms with van der Waals surface area (Å²) in [5.74, 6) is 0.0568. The Kier molecular flexibility index (Phi) is 6.41. The Morgan fingerprint density at radius 1 is 0.889 bits per heavy atom. The van der Waals surface area contributed by atoms with Crippen LogP contribution in [0.5, 0.6) is 0 Å². The normalized spacial score (nSPS) is 14.4. The number of rotatable bonds is 5. The van der Waals surface area contributed by atoms with Gasteiger partial charge in [-0.1, -0.05) is 77.3 Å². The van der Waals surface area contributed by atoms with E-state index in [2.05, 4.69) is 5.10 Å². The maximum absolute atomic E-state index is 13.6. The molecule has 2 N–H and O–H groups in total. The molecule has 178 valence electrons. The molecule has 0 unspecified atom stereocenters. The molecule has 0 spiro atoms. The average molecular weight is 537 g/mol. The third-order valence-corrected chi connectivity index (χ3v) is 6.28. The molecule has 2 heterocycles. The van der Waals surface area contributed by atoms with Crippen molar-refractivity contribution in [3.05, 3.63) is 116 Å². The van der Waals surface area contributed by atoms with Gasteiger partial charge in [-0.25, -0.2) is 0 Å². The molecule has 6 nitrogen and oxygen atoms in total. The van der Waals surface area contributed by atoms with Gasteiger partial charge < -0.3 is 10.2 Å². The van der Waals surface area contributed by atoms with Crippen LogP contribution < -0.4 is 10.7 Å². The third-order valence-electron chi connectivity index (χ3n) is 5.49. The van der Waals surface area contributed by atoms with Gasteiger partial charge in [-0.2, -0.15) is 10.1 Å². The van der Waals surface area contributed by atoms with E-state index < -0.39 is 11.8 Å². The molecule has 5 rings (SSSR count). The molecular formula is C27H16Cl3N3O3. The summed E-state index contributed by atoms with van der Waals surface area (Å²) in [6.45, 7) is 0. The van der Waals surface area contributed by atoms with Crippen molar-refractivity contribution in [2.24, 2.45) is 10.8 Å². The molecule has 0 fully saturated rings. The number of primary amides is 1. The molecule has 9 heteroatoms. The number of benzene rings is 3. The van der Waals surface area contributed by atoms with Crippen molar-refractivity contribution in [3.63, 3.8) is 0 Å². The van der Waals surface area contributed by atoms with Crippen LogP contribution in [-0.4, -0.2) is 17.5 Å². The third kappa shape index (κ3) is 4.54. The number of halogens is 3. The van der Waals surface area contributed by atoms with Crippen LogP contribution in [0.2, 0.25) is 15.1 Å². The first kappa shape index (κ1) is 23.9. The SMILES string of the molecule is NC(=O)c1ccc(-c2ccc(C=C3C(=O)N(c4c(Cl)cc(Cl)cc4Cl)N=C3c3ccccc3)o2)cc1. The molecule has 0 radical (unpaired) electrons. The first-order valence-electron chi connectivity index (χ1n) is 10.7. The molecule has 0 bridgehead atoms. The Hall–Kier alpha value is -3.84. The topological polar surface area (TPSA) is 88.9 Å². The van der Waals surface area contributed by atoms with Crippen LogP contribution in [0.3, 0.4) is 0 Å². The van der Waals surface area contributed by atoms with E-state index >= 15 is 0 Å². The zero-order valence-electron chi connectivity index (χ0n) is 18.4. The number of furan rings is 1. The van der Waals surface area contributed by atoms with Gasteiger partial charge in [0.1, 0.15) is 22.9 Å². The highest BCUT2D eigenvalue weighted by Gasteiger charge is 2.34.